The maximum Gasteiger partial charge on any atom is 0.318 e. The summed E-state index contributed by atoms with van der Waals surface area (Å²) >= 11 is 0. The van der Waals surface area contributed by atoms with Gasteiger partial charge in [-0.05, 0) is 59.1 Å². The van der Waals surface area contributed by atoms with Crippen LogP contribution in [0.2, 0.25) is 0 Å². The van der Waals surface area contributed by atoms with E-state index < -0.39 is 0 Å². The van der Waals surface area contributed by atoms with E-state index in [0.29, 0.717) is 13.1 Å². The fourth-order valence-corrected chi connectivity index (χ4v) is 3.17. The average Bonchev–Trinajstić information content (AvgIpc) is 3.30. The summed E-state index contributed by atoms with van der Waals surface area (Å²) in [5, 5.41) is 2.97. The van der Waals surface area contributed by atoms with Gasteiger partial charge in [0, 0.05) is 24.7 Å². The van der Waals surface area contributed by atoms with Crippen molar-refractivity contribution < 1.29 is 18.7 Å². The number of ether oxygens (including phenoxy) is 1. The molecule has 0 spiro atoms. The first kappa shape index (κ1) is 22.3. The monoisotopic (exact) mass is 393 g/mol. The highest BCUT2D eigenvalue weighted by Gasteiger charge is 2.29. The topological polar surface area (TPSA) is 75.0 Å². The second kappa shape index (κ2) is 9.96. The first-order valence-electron chi connectivity index (χ1n) is 10.2. The van der Waals surface area contributed by atoms with Crippen LogP contribution in [-0.4, -0.2) is 59.1 Å². The van der Waals surface area contributed by atoms with Gasteiger partial charge in [-0.25, -0.2) is 4.79 Å². The van der Waals surface area contributed by atoms with E-state index in [9.17, 15) is 9.59 Å². The Labute approximate surface area is 168 Å². The van der Waals surface area contributed by atoms with Gasteiger partial charge in [-0.15, -0.1) is 0 Å². The summed E-state index contributed by atoms with van der Waals surface area (Å²) in [4.78, 5) is 29.3. The van der Waals surface area contributed by atoms with Gasteiger partial charge in [-0.1, -0.05) is 6.92 Å². The molecule has 0 aliphatic carbocycles. The third-order valence-corrected chi connectivity index (χ3v) is 4.90. The maximum absolute atomic E-state index is 13.2. The van der Waals surface area contributed by atoms with E-state index in [2.05, 4.69) is 5.32 Å². The molecule has 7 heteroatoms. The van der Waals surface area contributed by atoms with Gasteiger partial charge in [-0.3, -0.25) is 4.79 Å². The van der Waals surface area contributed by atoms with Crippen molar-refractivity contribution >= 4 is 11.9 Å². The summed E-state index contributed by atoms with van der Waals surface area (Å²) in [6.07, 6.45) is 4.38. The Hall–Kier alpha value is -2.02. The molecular weight excluding hydrogens is 358 g/mol. The highest BCUT2D eigenvalue weighted by Crippen LogP contribution is 2.17. The lowest BCUT2D eigenvalue weighted by molar-refractivity contribution is -0.134. The predicted molar refractivity (Wildman–Crippen MR) is 108 cm³/mol. The van der Waals surface area contributed by atoms with Crippen LogP contribution in [-0.2, 0) is 16.1 Å². The van der Waals surface area contributed by atoms with Crippen molar-refractivity contribution in [2.24, 2.45) is 0 Å². The van der Waals surface area contributed by atoms with E-state index in [1.165, 1.54) is 0 Å². The van der Waals surface area contributed by atoms with Crippen LogP contribution in [0.4, 0.5) is 4.79 Å². The van der Waals surface area contributed by atoms with E-state index >= 15 is 0 Å². The smallest absolute Gasteiger partial charge is 0.318 e. The number of urea groups is 1. The molecule has 28 heavy (non-hydrogen) atoms. The molecule has 0 radical (unpaired) electrons. The predicted octanol–water partition coefficient (Wildman–Crippen LogP) is 3.40. The molecule has 0 bridgehead atoms. The Morgan fingerprint density at radius 1 is 1.36 bits per heavy atom. The number of hydrogen-bond acceptors (Lipinski definition) is 4. The number of hydrogen-bond donors (Lipinski definition) is 1. The molecule has 1 aliphatic heterocycles. The molecule has 0 saturated carbocycles. The van der Waals surface area contributed by atoms with E-state index in [1.54, 1.807) is 16.1 Å². The molecule has 1 saturated heterocycles. The van der Waals surface area contributed by atoms with Crippen LogP contribution in [0.25, 0.3) is 0 Å². The maximum atomic E-state index is 13.2. The molecule has 2 atom stereocenters. The van der Waals surface area contributed by atoms with Crippen molar-refractivity contribution in [2.45, 2.75) is 78.1 Å². The molecule has 3 amide bonds. The quantitative estimate of drug-likeness (QED) is 0.735. The first-order chi connectivity index (χ1) is 13.2. The lowest BCUT2D eigenvalue weighted by Gasteiger charge is -2.34. The van der Waals surface area contributed by atoms with Gasteiger partial charge in [0.15, 0.2) is 0 Å². The molecule has 1 aromatic heterocycles. The van der Waals surface area contributed by atoms with Gasteiger partial charge in [0.2, 0.25) is 5.91 Å². The third-order valence-electron chi connectivity index (χ3n) is 4.90. The number of amides is 3. The molecule has 2 rings (SSSR count). The van der Waals surface area contributed by atoms with E-state index in [-0.39, 0.29) is 36.2 Å². The highest BCUT2D eigenvalue weighted by molar-refractivity contribution is 5.84. The van der Waals surface area contributed by atoms with Crippen molar-refractivity contribution in [2.75, 3.05) is 19.7 Å². The lowest BCUT2D eigenvalue weighted by Crippen LogP contribution is -2.54. The Morgan fingerprint density at radius 3 is 2.64 bits per heavy atom. The molecular formula is C21H35N3O4. The molecule has 1 aliphatic rings. The third kappa shape index (κ3) is 6.86. The summed E-state index contributed by atoms with van der Waals surface area (Å²) < 4.78 is 11.2. The number of rotatable bonds is 8. The van der Waals surface area contributed by atoms with Gasteiger partial charge >= 0.3 is 6.03 Å². The van der Waals surface area contributed by atoms with Crippen molar-refractivity contribution in [3.63, 3.8) is 0 Å². The SMILES string of the molecule is CCC(C)N(CC(=O)N(Cc1ccco1)CC1CCCO1)C(=O)NC(C)(C)C. The fourth-order valence-electron chi connectivity index (χ4n) is 3.17. The molecule has 2 unspecified atom stereocenters. The van der Waals surface area contributed by atoms with Crippen LogP contribution < -0.4 is 5.32 Å². The van der Waals surface area contributed by atoms with E-state index in [0.717, 1.165) is 31.6 Å². The largest absolute Gasteiger partial charge is 0.467 e. The minimum Gasteiger partial charge on any atom is -0.467 e. The van der Waals surface area contributed by atoms with Gasteiger partial charge in [0.25, 0.3) is 0 Å². The first-order valence-corrected chi connectivity index (χ1v) is 10.2. The van der Waals surface area contributed by atoms with Crippen LogP contribution in [0.5, 0.6) is 0 Å². The number of furan rings is 1. The molecule has 158 valence electrons. The number of nitrogens with one attached hydrogen (secondary N) is 1. The molecule has 1 aromatic rings. The van der Waals surface area contributed by atoms with Gasteiger partial charge in [0.05, 0.1) is 18.9 Å². The summed E-state index contributed by atoms with van der Waals surface area (Å²) in [6, 6.07) is 3.41. The van der Waals surface area contributed by atoms with Gasteiger partial charge in [-0.2, -0.15) is 0 Å². The normalized spacial score (nSPS) is 18.0. The second-order valence-corrected chi connectivity index (χ2v) is 8.55. The standard InChI is InChI=1S/C21H35N3O4/c1-6-16(2)24(20(26)22-21(3,4)5)15-19(25)23(13-17-9-7-11-27-17)14-18-10-8-12-28-18/h7,9,11,16,18H,6,8,10,12-15H2,1-5H3,(H,22,26). The Balaban J connectivity index is 2.11. The molecule has 1 fully saturated rings. The van der Waals surface area contributed by atoms with E-state index in [4.69, 9.17) is 9.15 Å². The summed E-state index contributed by atoms with van der Waals surface area (Å²) in [5.74, 6) is 0.622. The Bertz CT molecular complexity index is 618. The molecule has 1 N–H and O–H groups in total. The van der Waals surface area contributed by atoms with Crippen LogP contribution in [0.1, 0.15) is 59.6 Å². The zero-order valence-electron chi connectivity index (χ0n) is 17.9. The lowest BCUT2D eigenvalue weighted by atomic mass is 10.1. The Morgan fingerprint density at radius 2 is 2.11 bits per heavy atom. The zero-order valence-corrected chi connectivity index (χ0v) is 17.9. The Kier molecular flexibility index (Phi) is 7.92. The zero-order chi connectivity index (χ0) is 20.7. The van der Waals surface area contributed by atoms with Crippen molar-refractivity contribution in [3.8, 4) is 0 Å². The minimum atomic E-state index is -0.364. The minimum absolute atomic E-state index is 0.0321. The highest BCUT2D eigenvalue weighted by atomic mass is 16.5. The number of carbonyl (C=O) groups is 2. The van der Waals surface area contributed by atoms with Crippen LogP contribution in [0, 0.1) is 0 Å². The van der Waals surface area contributed by atoms with Crippen molar-refractivity contribution in [1.29, 1.82) is 0 Å². The fraction of sp³-hybridized carbons (Fsp3) is 0.714. The summed E-state index contributed by atoms with van der Waals surface area (Å²) in [5.41, 5.74) is -0.364. The van der Waals surface area contributed by atoms with Crippen molar-refractivity contribution in [1.82, 2.24) is 15.1 Å². The summed E-state index contributed by atoms with van der Waals surface area (Å²) in [6.45, 7) is 11.4. The van der Waals surface area contributed by atoms with Gasteiger partial charge in [0.1, 0.15) is 12.3 Å². The molecule has 0 aromatic carbocycles. The second-order valence-electron chi connectivity index (χ2n) is 8.55. The van der Waals surface area contributed by atoms with E-state index in [1.807, 2.05) is 46.8 Å². The van der Waals surface area contributed by atoms with Crippen LogP contribution in [0.15, 0.2) is 22.8 Å². The van der Waals surface area contributed by atoms with Crippen molar-refractivity contribution in [3.05, 3.63) is 24.2 Å². The molecule has 2 heterocycles. The van der Waals surface area contributed by atoms with Crippen LogP contribution >= 0.6 is 0 Å². The molecule has 7 nitrogen and oxygen atoms in total. The average molecular weight is 394 g/mol. The van der Waals surface area contributed by atoms with Crippen LogP contribution in [0.3, 0.4) is 0 Å². The number of nitrogens with zero attached hydrogens (tertiary/aromatic N) is 2. The van der Waals surface area contributed by atoms with Gasteiger partial charge < -0.3 is 24.3 Å². The summed E-state index contributed by atoms with van der Waals surface area (Å²) in [7, 11) is 0. The number of carbonyl (C=O) groups excluding carboxylic acids is 2.